The molecule has 1 atom stereocenters. The molecule has 14 heavy (non-hydrogen) atoms. The van der Waals surface area contributed by atoms with Gasteiger partial charge in [0.2, 0.25) is 0 Å². The van der Waals surface area contributed by atoms with E-state index in [9.17, 15) is 0 Å². The molecule has 0 amide bonds. The Balaban J connectivity index is 2.29. The van der Waals surface area contributed by atoms with Crippen LogP contribution in [0.2, 0.25) is 5.02 Å². The third kappa shape index (κ3) is 1.66. The van der Waals surface area contributed by atoms with Gasteiger partial charge in [-0.15, -0.1) is 0 Å². The zero-order chi connectivity index (χ0) is 10.1. The molecular weight excluding hydrogens is 198 g/mol. The Morgan fingerprint density at radius 1 is 1.50 bits per heavy atom. The fourth-order valence-corrected chi connectivity index (χ4v) is 2.41. The summed E-state index contributed by atoms with van der Waals surface area (Å²) in [7, 11) is 1.96. The van der Waals surface area contributed by atoms with Crippen molar-refractivity contribution in [1.82, 2.24) is 15.1 Å². The van der Waals surface area contributed by atoms with E-state index in [-0.39, 0.29) is 0 Å². The number of aromatic nitrogens is 2. The molecule has 0 aromatic carbocycles. The summed E-state index contributed by atoms with van der Waals surface area (Å²) in [6.45, 7) is 3.04. The van der Waals surface area contributed by atoms with Crippen LogP contribution in [0.25, 0.3) is 0 Å². The normalized spacial score (nSPS) is 22.6. The first-order valence-corrected chi connectivity index (χ1v) is 5.50. The molecule has 0 bridgehead atoms. The number of hydrogen-bond donors (Lipinski definition) is 1. The van der Waals surface area contributed by atoms with Gasteiger partial charge in [-0.1, -0.05) is 18.0 Å². The molecule has 78 valence electrons. The molecule has 1 unspecified atom stereocenters. The highest BCUT2D eigenvalue weighted by molar-refractivity contribution is 6.31. The molecule has 1 aliphatic heterocycles. The fraction of sp³-hybridized carbons (Fsp3) is 0.700. The summed E-state index contributed by atoms with van der Waals surface area (Å²) in [6, 6.07) is 0.391. The lowest BCUT2D eigenvalue weighted by molar-refractivity contribution is 0.394. The Hall–Kier alpha value is -0.540. The monoisotopic (exact) mass is 213 g/mol. The predicted molar refractivity (Wildman–Crippen MR) is 57.5 cm³/mol. The Morgan fingerprint density at radius 2 is 2.29 bits per heavy atom. The van der Waals surface area contributed by atoms with Crippen molar-refractivity contribution in [2.45, 2.75) is 32.2 Å². The summed E-state index contributed by atoms with van der Waals surface area (Å²) in [5, 5.41) is 8.64. The topological polar surface area (TPSA) is 29.9 Å². The number of aryl methyl sites for hydroxylation is 2. The van der Waals surface area contributed by atoms with Crippen molar-refractivity contribution in [2.24, 2.45) is 7.05 Å². The van der Waals surface area contributed by atoms with Gasteiger partial charge in [0.25, 0.3) is 0 Å². The van der Waals surface area contributed by atoms with Crippen molar-refractivity contribution in [1.29, 1.82) is 0 Å². The van der Waals surface area contributed by atoms with E-state index < -0.39 is 0 Å². The maximum Gasteiger partial charge on any atom is 0.0863 e. The number of nitrogens with one attached hydrogen (secondary N) is 1. The van der Waals surface area contributed by atoms with Crippen LogP contribution in [0.1, 0.15) is 36.7 Å². The van der Waals surface area contributed by atoms with Crippen molar-refractivity contribution in [3.8, 4) is 0 Å². The van der Waals surface area contributed by atoms with Crippen LogP contribution in [0.3, 0.4) is 0 Å². The van der Waals surface area contributed by atoms with Gasteiger partial charge >= 0.3 is 0 Å². The molecule has 1 N–H and O–H groups in total. The van der Waals surface area contributed by atoms with Gasteiger partial charge in [0.15, 0.2) is 0 Å². The molecule has 0 radical (unpaired) electrons. The maximum absolute atomic E-state index is 6.22. The average molecular weight is 214 g/mol. The molecule has 1 aliphatic rings. The summed E-state index contributed by atoms with van der Waals surface area (Å²) in [5.74, 6) is 0. The predicted octanol–water partition coefficient (Wildman–Crippen LogP) is 2.20. The van der Waals surface area contributed by atoms with Gasteiger partial charge in [-0.05, 0) is 26.3 Å². The molecule has 0 saturated carbocycles. The lowest BCUT2D eigenvalue weighted by Crippen LogP contribution is -2.28. The highest BCUT2D eigenvalue weighted by Crippen LogP contribution is 2.30. The fourth-order valence-electron chi connectivity index (χ4n) is 2.11. The molecule has 3 nitrogen and oxygen atoms in total. The molecule has 1 fully saturated rings. The van der Waals surface area contributed by atoms with Crippen LogP contribution in [0, 0.1) is 6.92 Å². The zero-order valence-electron chi connectivity index (χ0n) is 8.68. The van der Waals surface area contributed by atoms with Gasteiger partial charge in [0, 0.05) is 7.05 Å². The maximum atomic E-state index is 6.22. The quantitative estimate of drug-likeness (QED) is 0.775. The van der Waals surface area contributed by atoms with Crippen molar-refractivity contribution in [3.05, 3.63) is 16.4 Å². The zero-order valence-corrected chi connectivity index (χ0v) is 9.43. The molecule has 0 aliphatic carbocycles. The van der Waals surface area contributed by atoms with Gasteiger partial charge in [-0.3, -0.25) is 4.68 Å². The number of halogens is 1. The lowest BCUT2D eigenvalue weighted by Gasteiger charge is -2.23. The summed E-state index contributed by atoms with van der Waals surface area (Å²) in [5.41, 5.74) is 2.07. The average Bonchev–Trinajstić information content (AvgIpc) is 2.43. The van der Waals surface area contributed by atoms with E-state index in [1.54, 1.807) is 0 Å². The van der Waals surface area contributed by atoms with E-state index in [2.05, 4.69) is 10.4 Å². The van der Waals surface area contributed by atoms with Crippen LogP contribution >= 0.6 is 11.6 Å². The van der Waals surface area contributed by atoms with Gasteiger partial charge in [0.1, 0.15) is 0 Å². The Morgan fingerprint density at radius 3 is 2.79 bits per heavy atom. The number of hydrogen-bond acceptors (Lipinski definition) is 2. The first kappa shape index (κ1) is 9.99. The molecule has 2 heterocycles. The number of nitrogens with zero attached hydrogens (tertiary/aromatic N) is 2. The van der Waals surface area contributed by atoms with Crippen LogP contribution < -0.4 is 5.32 Å². The summed E-state index contributed by atoms with van der Waals surface area (Å²) >= 11 is 6.22. The first-order valence-electron chi connectivity index (χ1n) is 5.12. The van der Waals surface area contributed by atoms with Gasteiger partial charge in [-0.2, -0.15) is 5.10 Å². The highest BCUT2D eigenvalue weighted by atomic mass is 35.5. The van der Waals surface area contributed by atoms with Gasteiger partial charge in [-0.25, -0.2) is 0 Å². The van der Waals surface area contributed by atoms with Crippen LogP contribution in [-0.4, -0.2) is 16.3 Å². The van der Waals surface area contributed by atoms with Crippen LogP contribution in [0.15, 0.2) is 0 Å². The largest absolute Gasteiger partial charge is 0.309 e. The smallest absolute Gasteiger partial charge is 0.0863 e. The van der Waals surface area contributed by atoms with Crippen molar-refractivity contribution < 1.29 is 0 Å². The minimum absolute atomic E-state index is 0.391. The van der Waals surface area contributed by atoms with Crippen LogP contribution in [-0.2, 0) is 7.05 Å². The second-order valence-electron chi connectivity index (χ2n) is 3.91. The Bertz CT molecular complexity index is 326. The Kier molecular flexibility index (Phi) is 2.79. The lowest BCUT2D eigenvalue weighted by atomic mass is 10.0. The van der Waals surface area contributed by atoms with E-state index in [1.807, 2.05) is 18.7 Å². The minimum atomic E-state index is 0.391. The molecular formula is C10H16ClN3. The first-order chi connectivity index (χ1) is 6.70. The van der Waals surface area contributed by atoms with E-state index in [1.165, 1.54) is 19.3 Å². The summed E-state index contributed by atoms with van der Waals surface area (Å²) < 4.78 is 1.90. The summed E-state index contributed by atoms with van der Waals surface area (Å²) in [6.07, 6.45) is 3.71. The molecule has 1 aromatic heterocycles. The molecule has 0 spiro atoms. The van der Waals surface area contributed by atoms with E-state index in [0.29, 0.717) is 6.04 Å². The van der Waals surface area contributed by atoms with Crippen LogP contribution in [0.4, 0.5) is 0 Å². The Labute approximate surface area is 89.4 Å². The molecule has 1 saturated heterocycles. The highest BCUT2D eigenvalue weighted by Gasteiger charge is 2.22. The minimum Gasteiger partial charge on any atom is -0.309 e. The van der Waals surface area contributed by atoms with E-state index >= 15 is 0 Å². The second-order valence-corrected chi connectivity index (χ2v) is 4.29. The van der Waals surface area contributed by atoms with Crippen molar-refractivity contribution in [2.75, 3.05) is 6.54 Å². The van der Waals surface area contributed by atoms with Gasteiger partial charge < -0.3 is 5.32 Å². The number of piperidine rings is 1. The summed E-state index contributed by atoms with van der Waals surface area (Å²) in [4.78, 5) is 0. The SMILES string of the molecule is Cc1nn(C)c(C2CCCCN2)c1Cl. The number of rotatable bonds is 1. The van der Waals surface area contributed by atoms with E-state index in [0.717, 1.165) is 23.0 Å². The van der Waals surface area contributed by atoms with E-state index in [4.69, 9.17) is 11.6 Å². The molecule has 2 rings (SSSR count). The third-order valence-electron chi connectivity index (χ3n) is 2.83. The van der Waals surface area contributed by atoms with Crippen LogP contribution in [0.5, 0.6) is 0 Å². The van der Waals surface area contributed by atoms with Gasteiger partial charge in [0.05, 0.1) is 22.5 Å². The molecule has 4 heteroatoms. The second kappa shape index (κ2) is 3.91. The third-order valence-corrected chi connectivity index (χ3v) is 3.30. The molecule has 1 aromatic rings. The van der Waals surface area contributed by atoms with Crippen molar-refractivity contribution in [3.63, 3.8) is 0 Å². The standard InChI is InChI=1S/C10H16ClN3/c1-7-9(11)10(14(2)13-7)8-5-3-4-6-12-8/h8,12H,3-6H2,1-2H3. The van der Waals surface area contributed by atoms with Crippen molar-refractivity contribution >= 4 is 11.6 Å².